The van der Waals surface area contributed by atoms with Crippen LogP contribution in [-0.2, 0) is 0 Å². The maximum Gasteiger partial charge on any atom is 0.164 e. The fourth-order valence-electron chi connectivity index (χ4n) is 6.48. The largest absolute Gasteiger partial charge is 0.292 e. The van der Waals surface area contributed by atoms with Gasteiger partial charge in [-0.15, -0.1) is 0 Å². The molecule has 3 heterocycles. The minimum atomic E-state index is 0.553. The lowest BCUT2D eigenvalue weighted by atomic mass is 9.94. The molecular formula is C43H26N6. The molecule has 6 aromatic carbocycles. The second kappa shape index (κ2) is 11.7. The molecule has 9 aromatic rings. The Morgan fingerprint density at radius 2 is 1.00 bits per heavy atom. The average Bonchev–Trinajstić information content (AvgIpc) is 3.58. The van der Waals surface area contributed by atoms with Gasteiger partial charge < -0.3 is 0 Å². The normalized spacial score (nSPS) is 11.2. The maximum absolute atomic E-state index is 9.75. The molecule has 6 heteroatoms. The SMILES string of the molecule is N#Cc1cccc(-c2cc(-c3nc(-c4ccccc4)nc(-c4ccccc4)n3)cc(-c3cc4ccccc4n4c3nc3ccccc34)c2)c1. The van der Waals surface area contributed by atoms with Crippen molar-refractivity contribution in [3.8, 4) is 62.5 Å². The lowest BCUT2D eigenvalue weighted by molar-refractivity contribution is 1.07. The van der Waals surface area contributed by atoms with Crippen LogP contribution in [0.4, 0.5) is 0 Å². The van der Waals surface area contributed by atoms with Crippen molar-refractivity contribution in [1.82, 2.24) is 24.3 Å². The van der Waals surface area contributed by atoms with Crippen LogP contribution in [0, 0.1) is 11.3 Å². The summed E-state index contributed by atoms with van der Waals surface area (Å²) in [7, 11) is 0. The van der Waals surface area contributed by atoms with Crippen LogP contribution in [0.25, 0.3) is 84.0 Å². The van der Waals surface area contributed by atoms with Gasteiger partial charge in [-0.25, -0.2) is 19.9 Å². The molecule has 0 aliphatic heterocycles. The number of hydrogen-bond acceptors (Lipinski definition) is 5. The highest BCUT2D eigenvalue weighted by molar-refractivity contribution is 5.99. The topological polar surface area (TPSA) is 79.8 Å². The highest BCUT2D eigenvalue weighted by Gasteiger charge is 2.18. The predicted octanol–water partition coefficient (Wildman–Crippen LogP) is 10.0. The van der Waals surface area contributed by atoms with Gasteiger partial charge in [-0.2, -0.15) is 5.26 Å². The molecule has 0 fully saturated rings. The van der Waals surface area contributed by atoms with E-state index in [0.29, 0.717) is 23.0 Å². The molecule has 49 heavy (non-hydrogen) atoms. The molecule has 0 saturated carbocycles. The summed E-state index contributed by atoms with van der Waals surface area (Å²) in [5, 5.41) is 10.9. The van der Waals surface area contributed by atoms with E-state index in [0.717, 1.165) is 66.5 Å². The van der Waals surface area contributed by atoms with E-state index in [4.69, 9.17) is 19.9 Å². The van der Waals surface area contributed by atoms with E-state index in [-0.39, 0.29) is 0 Å². The molecule has 3 aromatic heterocycles. The van der Waals surface area contributed by atoms with Crippen LogP contribution in [0.1, 0.15) is 5.56 Å². The fourth-order valence-corrected chi connectivity index (χ4v) is 6.48. The quantitative estimate of drug-likeness (QED) is 0.190. The standard InChI is InChI=1S/C43H26N6/c44-27-28-12-11-18-31(22-28)33-23-34(36-26-32-17-7-9-20-38(32)49-39-21-10-8-19-37(39)45-43(36)49)25-35(24-33)42-47-40(29-13-3-1-4-14-29)46-41(48-42)30-15-5-2-6-16-30/h1-26H. The van der Waals surface area contributed by atoms with Crippen molar-refractivity contribution >= 4 is 27.6 Å². The van der Waals surface area contributed by atoms with Gasteiger partial charge in [0.2, 0.25) is 0 Å². The molecule has 9 rings (SSSR count). The Labute approximate surface area is 282 Å². The van der Waals surface area contributed by atoms with Crippen molar-refractivity contribution in [2.75, 3.05) is 0 Å². The van der Waals surface area contributed by atoms with E-state index >= 15 is 0 Å². The van der Waals surface area contributed by atoms with Crippen molar-refractivity contribution in [1.29, 1.82) is 5.26 Å². The minimum Gasteiger partial charge on any atom is -0.292 e. The number of para-hydroxylation sites is 3. The van der Waals surface area contributed by atoms with Gasteiger partial charge >= 0.3 is 0 Å². The van der Waals surface area contributed by atoms with Crippen LogP contribution in [0.15, 0.2) is 158 Å². The van der Waals surface area contributed by atoms with Gasteiger partial charge in [-0.3, -0.25) is 4.40 Å². The zero-order valence-electron chi connectivity index (χ0n) is 26.2. The summed E-state index contributed by atoms with van der Waals surface area (Å²) in [6.07, 6.45) is 0. The van der Waals surface area contributed by atoms with E-state index in [1.165, 1.54) is 0 Å². The second-order valence-electron chi connectivity index (χ2n) is 11.9. The van der Waals surface area contributed by atoms with Crippen molar-refractivity contribution < 1.29 is 0 Å². The number of nitriles is 1. The number of fused-ring (bicyclic) bond motifs is 5. The van der Waals surface area contributed by atoms with E-state index < -0.39 is 0 Å². The molecule has 0 radical (unpaired) electrons. The lowest BCUT2D eigenvalue weighted by Gasteiger charge is -2.14. The minimum absolute atomic E-state index is 0.553. The van der Waals surface area contributed by atoms with Crippen molar-refractivity contribution in [2.24, 2.45) is 0 Å². The zero-order chi connectivity index (χ0) is 32.7. The number of aromatic nitrogens is 5. The molecule has 0 amide bonds. The first-order valence-corrected chi connectivity index (χ1v) is 16.0. The Morgan fingerprint density at radius 1 is 0.429 bits per heavy atom. The third-order valence-corrected chi connectivity index (χ3v) is 8.81. The van der Waals surface area contributed by atoms with Crippen LogP contribution >= 0.6 is 0 Å². The number of nitrogens with zero attached hydrogens (tertiary/aromatic N) is 6. The zero-order valence-corrected chi connectivity index (χ0v) is 26.2. The molecule has 228 valence electrons. The van der Waals surface area contributed by atoms with Gasteiger partial charge in [0, 0.05) is 22.3 Å². The van der Waals surface area contributed by atoms with Crippen LogP contribution < -0.4 is 0 Å². The molecule has 0 aliphatic rings. The van der Waals surface area contributed by atoms with Gasteiger partial charge in [0.1, 0.15) is 5.65 Å². The number of rotatable bonds is 5. The van der Waals surface area contributed by atoms with Gasteiger partial charge in [-0.1, -0.05) is 103 Å². The molecule has 6 nitrogen and oxygen atoms in total. The highest BCUT2D eigenvalue weighted by Crippen LogP contribution is 2.37. The third-order valence-electron chi connectivity index (χ3n) is 8.81. The molecule has 0 N–H and O–H groups in total. The molecule has 0 spiro atoms. The van der Waals surface area contributed by atoms with Gasteiger partial charge in [-0.05, 0) is 76.7 Å². The molecule has 0 unspecified atom stereocenters. The molecule has 0 atom stereocenters. The molecular weight excluding hydrogens is 601 g/mol. The summed E-state index contributed by atoms with van der Waals surface area (Å²) in [4.78, 5) is 20.2. The first kappa shape index (κ1) is 28.3. The summed E-state index contributed by atoms with van der Waals surface area (Å²) in [5.41, 5.74) is 11.0. The lowest BCUT2D eigenvalue weighted by Crippen LogP contribution is -2.00. The first-order valence-electron chi connectivity index (χ1n) is 16.0. The predicted molar refractivity (Wildman–Crippen MR) is 195 cm³/mol. The highest BCUT2D eigenvalue weighted by atomic mass is 15.0. The number of pyridine rings is 1. The number of benzene rings is 6. The van der Waals surface area contributed by atoms with E-state index in [9.17, 15) is 5.26 Å². The Kier molecular flexibility index (Phi) is 6.74. The van der Waals surface area contributed by atoms with Crippen LogP contribution in [0.5, 0.6) is 0 Å². The van der Waals surface area contributed by atoms with Gasteiger partial charge in [0.15, 0.2) is 17.5 Å². The third kappa shape index (κ3) is 5.07. The van der Waals surface area contributed by atoms with Crippen LogP contribution in [-0.4, -0.2) is 24.3 Å². The molecule has 0 bridgehead atoms. The monoisotopic (exact) mass is 626 g/mol. The number of hydrogen-bond donors (Lipinski definition) is 0. The first-order chi connectivity index (χ1) is 24.2. The molecule has 0 aliphatic carbocycles. The van der Waals surface area contributed by atoms with Crippen molar-refractivity contribution in [3.05, 3.63) is 163 Å². The maximum atomic E-state index is 9.75. The Balaban J connectivity index is 1.35. The Bertz CT molecular complexity index is 2670. The smallest absolute Gasteiger partial charge is 0.164 e. The summed E-state index contributed by atoms with van der Waals surface area (Å²) in [6.45, 7) is 0. The fraction of sp³-hybridized carbons (Fsp3) is 0. The summed E-state index contributed by atoms with van der Waals surface area (Å²) < 4.78 is 2.24. The molecule has 0 saturated heterocycles. The second-order valence-corrected chi connectivity index (χ2v) is 11.9. The van der Waals surface area contributed by atoms with E-state index in [1.807, 2.05) is 97.1 Å². The Morgan fingerprint density at radius 3 is 1.71 bits per heavy atom. The average molecular weight is 627 g/mol. The van der Waals surface area contributed by atoms with Crippen molar-refractivity contribution in [2.45, 2.75) is 0 Å². The summed E-state index contributed by atoms with van der Waals surface area (Å²) >= 11 is 0. The van der Waals surface area contributed by atoms with E-state index in [2.05, 4.69) is 71.1 Å². The van der Waals surface area contributed by atoms with Gasteiger partial charge in [0.05, 0.1) is 28.2 Å². The van der Waals surface area contributed by atoms with Gasteiger partial charge in [0.25, 0.3) is 0 Å². The van der Waals surface area contributed by atoms with Crippen molar-refractivity contribution in [3.63, 3.8) is 0 Å². The van der Waals surface area contributed by atoms with Crippen LogP contribution in [0.2, 0.25) is 0 Å². The number of imidazole rings is 1. The Hall–Kier alpha value is -6.97. The van der Waals surface area contributed by atoms with E-state index in [1.54, 1.807) is 0 Å². The summed E-state index contributed by atoms with van der Waals surface area (Å²) in [6, 6.07) is 55.2. The van der Waals surface area contributed by atoms with Crippen LogP contribution in [0.3, 0.4) is 0 Å². The summed E-state index contributed by atoms with van der Waals surface area (Å²) in [5.74, 6) is 1.74.